The van der Waals surface area contributed by atoms with Crippen molar-refractivity contribution >= 4 is 17.8 Å². The van der Waals surface area contributed by atoms with Crippen LogP contribution in [-0.2, 0) is 9.59 Å². The van der Waals surface area contributed by atoms with E-state index in [2.05, 4.69) is 4.98 Å². The van der Waals surface area contributed by atoms with Crippen LogP contribution in [0.15, 0.2) is 18.3 Å². The molecule has 1 aromatic rings. The molecule has 2 N–H and O–H groups in total. The molecule has 1 heterocycles. The van der Waals surface area contributed by atoms with Gasteiger partial charge in [0, 0.05) is 19.3 Å². The second-order valence-electron chi connectivity index (χ2n) is 4.52. The highest BCUT2D eigenvalue weighted by atomic mass is 16.4. The summed E-state index contributed by atoms with van der Waals surface area (Å²) in [6.45, 7) is 3.96. The molecule has 0 aromatic carbocycles. The van der Waals surface area contributed by atoms with Crippen LogP contribution in [-0.4, -0.2) is 40.2 Å². The number of nitrogens with zero attached hydrogens (tertiary/aromatic N) is 2. The molecule has 19 heavy (non-hydrogen) atoms. The number of carbonyl (C=O) groups is 2. The van der Waals surface area contributed by atoms with Crippen LogP contribution in [0.1, 0.15) is 18.9 Å². The Morgan fingerprint density at radius 1 is 1.37 bits per heavy atom. The van der Waals surface area contributed by atoms with Gasteiger partial charge in [0.2, 0.25) is 0 Å². The Morgan fingerprint density at radius 2 is 2.05 bits per heavy atom. The lowest BCUT2D eigenvalue weighted by atomic mass is 10.1. The van der Waals surface area contributed by atoms with Gasteiger partial charge >= 0.3 is 11.9 Å². The molecule has 0 fully saturated rings. The third-order valence-corrected chi connectivity index (χ3v) is 2.73. The first kappa shape index (κ1) is 14.9. The summed E-state index contributed by atoms with van der Waals surface area (Å²) in [6, 6.07) is 3.63. The summed E-state index contributed by atoms with van der Waals surface area (Å²) in [5, 5.41) is 17.7. The number of carboxylic acid groups (broad SMARTS) is 2. The van der Waals surface area contributed by atoms with Crippen LogP contribution >= 0.6 is 0 Å². The SMILES string of the molecule is Cc1ccc(N(CCC(=O)O)CC(C)C(=O)O)nc1. The van der Waals surface area contributed by atoms with Crippen LogP contribution in [0, 0.1) is 12.8 Å². The minimum Gasteiger partial charge on any atom is -0.481 e. The molecule has 1 aromatic heterocycles. The number of aliphatic carboxylic acids is 2. The molecular formula is C13H18N2O4. The Morgan fingerprint density at radius 3 is 2.53 bits per heavy atom. The van der Waals surface area contributed by atoms with E-state index >= 15 is 0 Å². The summed E-state index contributed by atoms with van der Waals surface area (Å²) in [5.41, 5.74) is 0.994. The highest BCUT2D eigenvalue weighted by Gasteiger charge is 2.18. The number of rotatable bonds is 7. The molecule has 6 nitrogen and oxygen atoms in total. The number of hydrogen-bond donors (Lipinski definition) is 2. The maximum absolute atomic E-state index is 10.9. The van der Waals surface area contributed by atoms with Crippen molar-refractivity contribution in [1.82, 2.24) is 4.98 Å². The zero-order valence-corrected chi connectivity index (χ0v) is 11.0. The van der Waals surface area contributed by atoms with Crippen molar-refractivity contribution in [3.8, 4) is 0 Å². The van der Waals surface area contributed by atoms with Gasteiger partial charge in [-0.2, -0.15) is 0 Å². The first-order valence-electron chi connectivity index (χ1n) is 6.02. The number of hydrogen-bond acceptors (Lipinski definition) is 4. The van der Waals surface area contributed by atoms with Crippen LogP contribution < -0.4 is 4.90 Å². The van der Waals surface area contributed by atoms with Crippen molar-refractivity contribution in [3.63, 3.8) is 0 Å². The maximum Gasteiger partial charge on any atom is 0.308 e. The van der Waals surface area contributed by atoms with Gasteiger partial charge in [-0.25, -0.2) is 4.98 Å². The molecule has 0 aliphatic rings. The van der Waals surface area contributed by atoms with E-state index in [1.54, 1.807) is 24.1 Å². The Labute approximate surface area is 111 Å². The van der Waals surface area contributed by atoms with E-state index in [0.717, 1.165) is 5.56 Å². The average molecular weight is 266 g/mol. The molecule has 0 aliphatic heterocycles. The number of aryl methyl sites for hydroxylation is 1. The standard InChI is InChI=1S/C13H18N2O4/c1-9-3-4-11(14-7-9)15(6-5-12(16)17)8-10(2)13(18)19/h3-4,7,10H,5-6,8H2,1-2H3,(H,16,17)(H,18,19). The number of pyridine rings is 1. The molecule has 0 saturated heterocycles. The Hall–Kier alpha value is -2.11. The Bertz CT molecular complexity index is 444. The minimum absolute atomic E-state index is 0.0537. The zero-order valence-electron chi connectivity index (χ0n) is 11.0. The van der Waals surface area contributed by atoms with E-state index in [1.165, 1.54) is 0 Å². The second-order valence-corrected chi connectivity index (χ2v) is 4.52. The lowest BCUT2D eigenvalue weighted by molar-refractivity contribution is -0.140. The molecule has 0 radical (unpaired) electrons. The van der Waals surface area contributed by atoms with E-state index in [0.29, 0.717) is 5.82 Å². The zero-order chi connectivity index (χ0) is 14.4. The smallest absolute Gasteiger partial charge is 0.308 e. The molecule has 1 unspecified atom stereocenters. The average Bonchev–Trinajstić information content (AvgIpc) is 2.35. The van der Waals surface area contributed by atoms with Crippen LogP contribution in [0.4, 0.5) is 5.82 Å². The molecular weight excluding hydrogens is 248 g/mol. The Balaban J connectivity index is 2.81. The summed E-state index contributed by atoms with van der Waals surface area (Å²) in [5.74, 6) is -1.82. The van der Waals surface area contributed by atoms with Gasteiger partial charge in [-0.1, -0.05) is 13.0 Å². The van der Waals surface area contributed by atoms with Gasteiger partial charge in [-0.3, -0.25) is 9.59 Å². The van der Waals surface area contributed by atoms with Gasteiger partial charge in [-0.05, 0) is 18.6 Å². The first-order chi connectivity index (χ1) is 8.90. The highest BCUT2D eigenvalue weighted by molar-refractivity contribution is 5.71. The molecule has 0 bridgehead atoms. The monoisotopic (exact) mass is 266 g/mol. The fourth-order valence-corrected chi connectivity index (χ4v) is 1.59. The molecule has 104 valence electrons. The largest absolute Gasteiger partial charge is 0.481 e. The summed E-state index contributed by atoms with van der Waals surface area (Å²) < 4.78 is 0. The van der Waals surface area contributed by atoms with Crippen molar-refractivity contribution < 1.29 is 19.8 Å². The van der Waals surface area contributed by atoms with Crippen LogP contribution in [0.5, 0.6) is 0 Å². The summed E-state index contributed by atoms with van der Waals surface area (Å²) >= 11 is 0. The summed E-state index contributed by atoms with van der Waals surface area (Å²) in [4.78, 5) is 27.4. The van der Waals surface area contributed by atoms with E-state index in [1.807, 2.05) is 13.0 Å². The van der Waals surface area contributed by atoms with Crippen molar-refractivity contribution in [2.45, 2.75) is 20.3 Å². The van der Waals surface area contributed by atoms with E-state index < -0.39 is 17.9 Å². The number of carboxylic acids is 2. The van der Waals surface area contributed by atoms with E-state index in [9.17, 15) is 9.59 Å². The fraction of sp³-hybridized carbons (Fsp3) is 0.462. The predicted octanol–water partition coefficient (Wildman–Crippen LogP) is 1.39. The number of aromatic nitrogens is 1. The van der Waals surface area contributed by atoms with Crippen molar-refractivity contribution in [2.75, 3.05) is 18.0 Å². The number of anilines is 1. The van der Waals surface area contributed by atoms with E-state index in [4.69, 9.17) is 10.2 Å². The van der Waals surface area contributed by atoms with Crippen molar-refractivity contribution in [1.29, 1.82) is 0 Å². The maximum atomic E-state index is 10.9. The Kier molecular flexibility index (Phi) is 5.29. The molecule has 0 saturated carbocycles. The predicted molar refractivity (Wildman–Crippen MR) is 70.2 cm³/mol. The molecule has 6 heteroatoms. The third-order valence-electron chi connectivity index (χ3n) is 2.73. The third kappa shape index (κ3) is 4.95. The molecule has 0 amide bonds. The van der Waals surface area contributed by atoms with Gasteiger partial charge in [0.15, 0.2) is 0 Å². The minimum atomic E-state index is -0.917. The van der Waals surface area contributed by atoms with Crippen molar-refractivity contribution in [3.05, 3.63) is 23.9 Å². The summed E-state index contributed by atoms with van der Waals surface area (Å²) in [7, 11) is 0. The molecule has 0 aliphatic carbocycles. The van der Waals surface area contributed by atoms with Gasteiger partial charge in [0.25, 0.3) is 0 Å². The quantitative estimate of drug-likeness (QED) is 0.775. The lowest BCUT2D eigenvalue weighted by Gasteiger charge is -2.25. The van der Waals surface area contributed by atoms with E-state index in [-0.39, 0.29) is 19.5 Å². The molecule has 0 spiro atoms. The summed E-state index contributed by atoms with van der Waals surface area (Å²) in [6.07, 6.45) is 1.62. The second kappa shape index (κ2) is 6.72. The van der Waals surface area contributed by atoms with Gasteiger partial charge in [0.05, 0.1) is 12.3 Å². The van der Waals surface area contributed by atoms with Crippen LogP contribution in [0.2, 0.25) is 0 Å². The first-order valence-corrected chi connectivity index (χ1v) is 6.02. The fourth-order valence-electron chi connectivity index (χ4n) is 1.59. The lowest BCUT2D eigenvalue weighted by Crippen LogP contribution is -2.34. The van der Waals surface area contributed by atoms with Crippen LogP contribution in [0.3, 0.4) is 0 Å². The topological polar surface area (TPSA) is 90.7 Å². The normalized spacial score (nSPS) is 11.9. The van der Waals surface area contributed by atoms with Gasteiger partial charge in [0.1, 0.15) is 5.82 Å². The van der Waals surface area contributed by atoms with Crippen LogP contribution in [0.25, 0.3) is 0 Å². The molecule has 1 atom stereocenters. The van der Waals surface area contributed by atoms with Gasteiger partial charge in [-0.15, -0.1) is 0 Å². The highest BCUT2D eigenvalue weighted by Crippen LogP contribution is 2.14. The molecule has 1 rings (SSSR count). The van der Waals surface area contributed by atoms with Gasteiger partial charge < -0.3 is 15.1 Å². The van der Waals surface area contributed by atoms with Crippen molar-refractivity contribution in [2.24, 2.45) is 5.92 Å².